The Labute approximate surface area is 194 Å². The zero-order valence-electron chi connectivity index (χ0n) is 19.3. The van der Waals surface area contributed by atoms with Crippen molar-refractivity contribution in [3.8, 4) is 11.3 Å². The van der Waals surface area contributed by atoms with Gasteiger partial charge in [0.25, 0.3) is 0 Å². The summed E-state index contributed by atoms with van der Waals surface area (Å²) in [6.45, 7) is 15.0. The van der Waals surface area contributed by atoms with Crippen molar-refractivity contribution in [3.05, 3.63) is 64.5 Å². The standard InChI is InChI=1S/C26H28FN5O/c1-16-19-10-9-18-22(17-7-5-6-8-20(17)27)29-25(32-13-11-31(4)12-14-32)30-24(18)26(19,2)15-21(28-3)23(16)33/h5-8,15-16,19H,9-14H2,1-2,4H3/t16-,19-,26-/m1/s1. The third kappa shape index (κ3) is 3.44. The summed E-state index contributed by atoms with van der Waals surface area (Å²) >= 11 is 0. The number of piperazine rings is 1. The molecule has 1 aliphatic heterocycles. The van der Waals surface area contributed by atoms with Crippen LogP contribution in [0.4, 0.5) is 10.3 Å². The van der Waals surface area contributed by atoms with E-state index in [0.717, 1.165) is 43.9 Å². The van der Waals surface area contributed by atoms with Crippen molar-refractivity contribution in [1.82, 2.24) is 14.9 Å². The molecule has 0 bridgehead atoms. The number of nitrogens with zero attached hydrogens (tertiary/aromatic N) is 5. The molecule has 0 amide bonds. The number of rotatable bonds is 2. The van der Waals surface area contributed by atoms with Crippen molar-refractivity contribution < 1.29 is 9.18 Å². The van der Waals surface area contributed by atoms with E-state index in [9.17, 15) is 9.18 Å². The Kier molecular flexibility index (Phi) is 5.29. The Morgan fingerprint density at radius 3 is 2.61 bits per heavy atom. The minimum atomic E-state index is -0.578. The molecule has 1 saturated heterocycles. The lowest BCUT2D eigenvalue weighted by Gasteiger charge is -2.46. The summed E-state index contributed by atoms with van der Waals surface area (Å²) in [6.07, 6.45) is 3.27. The molecule has 3 atom stereocenters. The van der Waals surface area contributed by atoms with Gasteiger partial charge in [-0.1, -0.05) is 32.1 Å². The molecule has 1 aromatic heterocycles. The molecule has 1 aromatic carbocycles. The molecule has 0 saturated carbocycles. The minimum Gasteiger partial charge on any atom is -0.338 e. The summed E-state index contributed by atoms with van der Waals surface area (Å²) in [5, 5.41) is 0. The van der Waals surface area contributed by atoms with Crippen LogP contribution in [0.3, 0.4) is 0 Å². The molecule has 33 heavy (non-hydrogen) atoms. The molecule has 5 rings (SSSR count). The highest BCUT2D eigenvalue weighted by molar-refractivity contribution is 6.00. The largest absolute Gasteiger partial charge is 0.338 e. The highest BCUT2D eigenvalue weighted by Crippen LogP contribution is 2.51. The molecular formula is C26H28FN5O. The van der Waals surface area contributed by atoms with E-state index in [2.05, 4.69) is 28.6 Å². The highest BCUT2D eigenvalue weighted by Gasteiger charge is 2.49. The fraction of sp³-hybridized carbons (Fsp3) is 0.462. The van der Waals surface area contributed by atoms with E-state index in [-0.39, 0.29) is 29.1 Å². The van der Waals surface area contributed by atoms with Gasteiger partial charge >= 0.3 is 0 Å². The SMILES string of the molecule is [C-]#[N+]C1=C[C@@]2(C)c3nc(N4CCN(C)CC4)nc(-c4ccccc4F)c3CC[C@@H]2[C@@H](C)C1=O. The number of fused-ring (bicyclic) bond motifs is 3. The number of halogens is 1. The molecule has 0 radical (unpaired) electrons. The van der Waals surface area contributed by atoms with E-state index in [4.69, 9.17) is 16.5 Å². The van der Waals surface area contributed by atoms with Crippen LogP contribution in [0.15, 0.2) is 36.0 Å². The number of Topliss-reactive ketones (excluding diaryl/α,β-unsaturated/α-hetero) is 1. The Morgan fingerprint density at radius 2 is 1.91 bits per heavy atom. The van der Waals surface area contributed by atoms with Gasteiger partial charge in [-0.3, -0.25) is 0 Å². The average molecular weight is 446 g/mol. The molecule has 0 spiro atoms. The van der Waals surface area contributed by atoms with Crippen LogP contribution in [-0.2, 0) is 16.6 Å². The van der Waals surface area contributed by atoms with Crippen LogP contribution in [0.1, 0.15) is 31.5 Å². The number of benzene rings is 1. The Balaban J connectivity index is 1.74. The number of hydrogen-bond acceptors (Lipinski definition) is 5. The number of anilines is 1. The lowest BCUT2D eigenvalue weighted by atomic mass is 9.58. The summed E-state index contributed by atoms with van der Waals surface area (Å²) < 4.78 is 15.0. The number of carbonyl (C=O) groups is 1. The van der Waals surface area contributed by atoms with Gasteiger partial charge in [0.15, 0.2) is 5.78 Å². The third-order valence-electron chi connectivity index (χ3n) is 7.72. The third-order valence-corrected chi connectivity index (χ3v) is 7.72. The van der Waals surface area contributed by atoms with Gasteiger partial charge in [-0.2, -0.15) is 0 Å². The van der Waals surface area contributed by atoms with Crippen LogP contribution < -0.4 is 4.90 Å². The van der Waals surface area contributed by atoms with E-state index < -0.39 is 5.41 Å². The van der Waals surface area contributed by atoms with E-state index >= 15 is 0 Å². The van der Waals surface area contributed by atoms with E-state index in [1.165, 1.54) is 6.07 Å². The predicted molar refractivity (Wildman–Crippen MR) is 125 cm³/mol. The van der Waals surface area contributed by atoms with Crippen LogP contribution in [0.25, 0.3) is 16.1 Å². The molecule has 0 unspecified atom stereocenters. The number of likely N-dealkylation sites (N-methyl/N-ethyl adjacent to an activating group) is 1. The smallest absolute Gasteiger partial charge is 0.226 e. The van der Waals surface area contributed by atoms with Gasteiger partial charge < -0.3 is 14.6 Å². The summed E-state index contributed by atoms with van der Waals surface area (Å²) in [5.74, 6) is 0.00500. The summed E-state index contributed by atoms with van der Waals surface area (Å²) in [7, 11) is 2.10. The molecule has 1 fully saturated rings. The second kappa shape index (κ2) is 8.03. The van der Waals surface area contributed by atoms with Gasteiger partial charge in [0.2, 0.25) is 11.6 Å². The van der Waals surface area contributed by atoms with Crippen LogP contribution >= 0.6 is 0 Å². The second-order valence-electron chi connectivity index (χ2n) is 9.69. The monoisotopic (exact) mass is 445 g/mol. The van der Waals surface area contributed by atoms with Crippen LogP contribution in [0, 0.1) is 24.2 Å². The summed E-state index contributed by atoms with van der Waals surface area (Å²) in [5.41, 5.74) is 2.48. The number of hydrogen-bond donors (Lipinski definition) is 0. The van der Waals surface area contributed by atoms with Crippen LogP contribution in [0.2, 0.25) is 0 Å². The zero-order valence-corrected chi connectivity index (χ0v) is 19.3. The number of allylic oxidation sites excluding steroid dienone is 2. The van der Waals surface area contributed by atoms with Crippen molar-refractivity contribution in [1.29, 1.82) is 0 Å². The molecule has 3 aliphatic rings. The maximum absolute atomic E-state index is 15.0. The van der Waals surface area contributed by atoms with Crippen molar-refractivity contribution in [3.63, 3.8) is 0 Å². The van der Waals surface area contributed by atoms with Gasteiger partial charge in [-0.05, 0) is 37.9 Å². The lowest BCUT2D eigenvalue weighted by molar-refractivity contribution is -0.121. The van der Waals surface area contributed by atoms with Gasteiger partial charge in [-0.25, -0.2) is 19.2 Å². The maximum Gasteiger partial charge on any atom is 0.226 e. The topological polar surface area (TPSA) is 53.7 Å². The van der Waals surface area contributed by atoms with Gasteiger partial charge in [0.05, 0.1) is 18.0 Å². The fourth-order valence-electron chi connectivity index (χ4n) is 5.76. The number of carbonyl (C=O) groups excluding carboxylic acids is 1. The number of ketones is 1. The first-order chi connectivity index (χ1) is 15.8. The van der Waals surface area contributed by atoms with Gasteiger partial charge in [0.1, 0.15) is 5.82 Å². The lowest BCUT2D eigenvalue weighted by Crippen LogP contribution is -2.47. The molecule has 2 aliphatic carbocycles. The van der Waals surface area contributed by atoms with Gasteiger partial charge in [-0.15, -0.1) is 0 Å². The fourth-order valence-corrected chi connectivity index (χ4v) is 5.76. The van der Waals surface area contributed by atoms with Gasteiger partial charge in [0, 0.05) is 48.6 Å². The first kappa shape index (κ1) is 21.7. The van der Waals surface area contributed by atoms with E-state index in [0.29, 0.717) is 23.6 Å². The quantitative estimate of drug-likeness (QED) is 0.657. The van der Waals surface area contributed by atoms with E-state index in [1.54, 1.807) is 12.1 Å². The first-order valence-corrected chi connectivity index (χ1v) is 11.6. The summed E-state index contributed by atoms with van der Waals surface area (Å²) in [4.78, 5) is 30.7. The van der Waals surface area contributed by atoms with Crippen molar-refractivity contribution in [2.75, 3.05) is 38.1 Å². The molecule has 7 heteroatoms. The highest BCUT2D eigenvalue weighted by atomic mass is 19.1. The molecular weight excluding hydrogens is 417 g/mol. The summed E-state index contributed by atoms with van der Waals surface area (Å²) in [6, 6.07) is 6.75. The van der Waals surface area contributed by atoms with Crippen molar-refractivity contribution in [2.24, 2.45) is 11.8 Å². The van der Waals surface area contributed by atoms with Crippen molar-refractivity contribution >= 4 is 11.7 Å². The van der Waals surface area contributed by atoms with Crippen molar-refractivity contribution in [2.45, 2.75) is 32.1 Å². The van der Waals surface area contributed by atoms with Crippen LogP contribution in [-0.4, -0.2) is 53.9 Å². The molecule has 0 N–H and O–H groups in total. The Hall–Kier alpha value is -3.11. The first-order valence-electron chi connectivity index (χ1n) is 11.6. The normalized spacial score (nSPS) is 27.4. The zero-order chi connectivity index (χ0) is 23.3. The second-order valence-corrected chi connectivity index (χ2v) is 9.69. The average Bonchev–Trinajstić information content (AvgIpc) is 2.82. The molecule has 6 nitrogen and oxygen atoms in total. The molecule has 2 aromatic rings. The Bertz CT molecular complexity index is 1190. The van der Waals surface area contributed by atoms with E-state index in [1.807, 2.05) is 19.1 Å². The predicted octanol–water partition coefficient (Wildman–Crippen LogP) is 3.88. The Morgan fingerprint density at radius 1 is 1.18 bits per heavy atom. The number of aromatic nitrogens is 2. The molecule has 170 valence electrons. The minimum absolute atomic E-state index is 0.0479. The molecule has 2 heterocycles. The van der Waals surface area contributed by atoms with Crippen LogP contribution in [0.5, 0.6) is 0 Å². The maximum atomic E-state index is 15.0.